The number of anilines is 1. The van der Waals surface area contributed by atoms with E-state index in [-0.39, 0.29) is 40.6 Å². The van der Waals surface area contributed by atoms with Crippen molar-refractivity contribution in [3.05, 3.63) is 63.5 Å². The maximum atomic E-state index is 16.1. The number of nitrogens with zero attached hydrogens (tertiary/aromatic N) is 3. The van der Waals surface area contributed by atoms with Gasteiger partial charge in [-0.05, 0) is 70.3 Å². The van der Waals surface area contributed by atoms with Crippen molar-refractivity contribution < 1.29 is 26.4 Å². The monoisotopic (exact) mass is 687 g/mol. The van der Waals surface area contributed by atoms with Gasteiger partial charge in [0.25, 0.3) is 11.5 Å². The zero-order valence-corrected chi connectivity index (χ0v) is 28.1. The second-order valence-electron chi connectivity index (χ2n) is 13.8. The van der Waals surface area contributed by atoms with E-state index >= 15 is 13.2 Å². The van der Waals surface area contributed by atoms with Gasteiger partial charge in [0.15, 0.2) is 0 Å². The fraction of sp³-hybridized carbons (Fsp3) is 0.600. The zero-order valence-electron chi connectivity index (χ0n) is 27.3. The van der Waals surface area contributed by atoms with Crippen molar-refractivity contribution in [3.63, 3.8) is 0 Å². The normalized spacial score (nSPS) is 23.3. The summed E-state index contributed by atoms with van der Waals surface area (Å²) in [5.74, 6) is -5.15. The van der Waals surface area contributed by atoms with Gasteiger partial charge in [-0.3, -0.25) is 9.36 Å². The third kappa shape index (κ3) is 7.17. The Hall–Kier alpha value is -3.32. The van der Waals surface area contributed by atoms with Crippen LogP contribution in [0.4, 0.5) is 19.0 Å². The highest BCUT2D eigenvalue weighted by Gasteiger charge is 2.49. The molecule has 3 aliphatic rings. The lowest BCUT2D eigenvalue weighted by atomic mass is 9.83. The molecule has 13 heteroatoms. The van der Waals surface area contributed by atoms with E-state index in [1.54, 1.807) is 17.6 Å². The number of alkyl halides is 2. The van der Waals surface area contributed by atoms with Gasteiger partial charge in [0, 0.05) is 42.1 Å². The molecular formula is C35H44F3N5O4S. The van der Waals surface area contributed by atoms with Gasteiger partial charge < -0.3 is 15.4 Å². The van der Waals surface area contributed by atoms with Gasteiger partial charge >= 0.3 is 0 Å². The van der Waals surface area contributed by atoms with Crippen LogP contribution in [0.25, 0.3) is 11.0 Å². The lowest BCUT2D eigenvalue weighted by Gasteiger charge is -2.35. The molecule has 2 aromatic heterocycles. The molecule has 48 heavy (non-hydrogen) atoms. The Balaban J connectivity index is 1.31. The van der Waals surface area contributed by atoms with Gasteiger partial charge in [-0.25, -0.2) is 31.6 Å². The summed E-state index contributed by atoms with van der Waals surface area (Å²) in [4.78, 5) is 33.4. The second kappa shape index (κ2) is 14.3. The van der Waals surface area contributed by atoms with Crippen LogP contribution in [0.5, 0.6) is 0 Å². The molecule has 3 fully saturated rings. The Kier molecular flexibility index (Phi) is 10.3. The maximum absolute atomic E-state index is 16.1. The number of pyridine rings is 1. The molecule has 260 valence electrons. The van der Waals surface area contributed by atoms with Crippen molar-refractivity contribution in [3.8, 4) is 0 Å². The van der Waals surface area contributed by atoms with E-state index in [1.807, 2.05) is 0 Å². The number of rotatable bonds is 13. The molecule has 3 atom stereocenters. The van der Waals surface area contributed by atoms with Gasteiger partial charge in [-0.15, -0.1) is 0 Å². The quantitative estimate of drug-likeness (QED) is 0.162. The van der Waals surface area contributed by atoms with Crippen LogP contribution in [-0.4, -0.2) is 52.8 Å². The minimum Gasteiger partial charge on any atom is -0.363 e. The van der Waals surface area contributed by atoms with Crippen LogP contribution >= 0.6 is 0 Å². The standard InChI is InChI=1S/C35H44F3N5O4S/c1-22(27-8-7-9-30(31(27)36)35(37,38)24-18-25-10-11-26(19-24)42-25)41-32-29-20-28(23-12-16-48(46,47)17-13-23)34(45)43(33(29)40-21-39-32)14-5-3-2-4-6-15-44/h7-9,15,20-26,42H,2-6,10-14,16-19H2,1H3,(H,39,40,41). The molecule has 0 radical (unpaired) electrons. The fourth-order valence-corrected chi connectivity index (χ4v) is 9.36. The summed E-state index contributed by atoms with van der Waals surface area (Å²) < 4.78 is 73.8. The second-order valence-corrected chi connectivity index (χ2v) is 16.1. The molecule has 2 bridgehead atoms. The van der Waals surface area contributed by atoms with E-state index in [0.717, 1.165) is 38.4 Å². The minimum atomic E-state index is -3.32. The maximum Gasteiger partial charge on any atom is 0.278 e. The molecule has 9 nitrogen and oxygen atoms in total. The topological polar surface area (TPSA) is 123 Å². The number of aldehydes is 1. The number of sulfone groups is 1. The van der Waals surface area contributed by atoms with E-state index in [2.05, 4.69) is 20.6 Å². The predicted molar refractivity (Wildman–Crippen MR) is 179 cm³/mol. The number of hydrogen-bond acceptors (Lipinski definition) is 8. The first-order chi connectivity index (χ1) is 23.0. The number of carbonyl (C=O) groups excluding carboxylic acids is 1. The number of aromatic nitrogens is 3. The Bertz CT molecular complexity index is 1790. The summed E-state index contributed by atoms with van der Waals surface area (Å²) in [6, 6.07) is 5.18. The molecular weight excluding hydrogens is 643 g/mol. The number of unbranched alkanes of at least 4 members (excludes halogenated alkanes) is 4. The number of benzene rings is 1. The van der Waals surface area contributed by atoms with E-state index in [9.17, 15) is 18.0 Å². The largest absolute Gasteiger partial charge is 0.363 e. The Morgan fingerprint density at radius 2 is 1.77 bits per heavy atom. The Morgan fingerprint density at radius 1 is 1.06 bits per heavy atom. The number of fused-ring (bicyclic) bond motifs is 3. The summed E-state index contributed by atoms with van der Waals surface area (Å²) in [6.07, 6.45) is 8.79. The van der Waals surface area contributed by atoms with Crippen molar-refractivity contribution in [2.45, 2.75) is 114 Å². The molecule has 2 N–H and O–H groups in total. The Labute approximate surface area is 279 Å². The molecule has 6 rings (SSSR count). The summed E-state index contributed by atoms with van der Waals surface area (Å²) >= 11 is 0. The predicted octanol–water partition coefficient (Wildman–Crippen LogP) is 6.17. The average molecular weight is 688 g/mol. The third-order valence-electron chi connectivity index (χ3n) is 10.6. The molecule has 0 saturated carbocycles. The molecule has 0 amide bonds. The van der Waals surface area contributed by atoms with Crippen LogP contribution in [0, 0.1) is 11.7 Å². The van der Waals surface area contributed by atoms with Crippen molar-refractivity contribution in [2.24, 2.45) is 5.92 Å². The van der Waals surface area contributed by atoms with Gasteiger partial charge in [-0.1, -0.05) is 31.0 Å². The van der Waals surface area contributed by atoms with E-state index in [0.29, 0.717) is 67.5 Å². The molecule has 3 unspecified atom stereocenters. The summed E-state index contributed by atoms with van der Waals surface area (Å²) in [5.41, 5.74) is 0.115. The molecule has 0 aliphatic carbocycles. The molecule has 3 aliphatic heterocycles. The summed E-state index contributed by atoms with van der Waals surface area (Å²) in [6.45, 7) is 2.05. The highest BCUT2D eigenvalue weighted by Crippen LogP contribution is 2.47. The molecule has 3 aromatic rings. The molecule has 5 heterocycles. The van der Waals surface area contributed by atoms with Gasteiger partial charge in [0.2, 0.25) is 0 Å². The van der Waals surface area contributed by atoms with Crippen molar-refractivity contribution in [1.29, 1.82) is 0 Å². The van der Waals surface area contributed by atoms with Gasteiger partial charge in [0.1, 0.15) is 39.7 Å². The van der Waals surface area contributed by atoms with Crippen molar-refractivity contribution in [1.82, 2.24) is 19.9 Å². The van der Waals surface area contributed by atoms with E-state index in [4.69, 9.17) is 0 Å². The first kappa shape index (κ1) is 34.5. The number of halogens is 3. The number of hydrogen-bond donors (Lipinski definition) is 2. The Morgan fingerprint density at radius 3 is 2.48 bits per heavy atom. The van der Waals surface area contributed by atoms with Crippen molar-refractivity contribution >= 4 is 33.0 Å². The van der Waals surface area contributed by atoms with Crippen LogP contribution in [0.1, 0.15) is 106 Å². The number of piperidine rings is 1. The lowest BCUT2D eigenvalue weighted by molar-refractivity contribution is -0.107. The first-order valence-electron chi connectivity index (χ1n) is 17.2. The van der Waals surface area contributed by atoms with Crippen LogP contribution in [0.15, 0.2) is 35.4 Å². The van der Waals surface area contributed by atoms with E-state index in [1.165, 1.54) is 24.5 Å². The SMILES string of the molecule is CC(Nc1ncnc2c1cc(C1CCS(=O)(=O)CC1)c(=O)n2CCCCCCC=O)c1cccc(C(F)(F)C2CC3CCC(C2)N3)c1F. The number of aryl methyl sites for hydroxylation is 1. The van der Waals surface area contributed by atoms with Crippen LogP contribution in [0.2, 0.25) is 0 Å². The van der Waals surface area contributed by atoms with Crippen molar-refractivity contribution in [2.75, 3.05) is 16.8 Å². The average Bonchev–Trinajstić information content (AvgIpc) is 3.40. The van der Waals surface area contributed by atoms with Gasteiger partial charge in [0.05, 0.1) is 28.5 Å². The smallest absolute Gasteiger partial charge is 0.278 e. The van der Waals surface area contributed by atoms with Crippen LogP contribution < -0.4 is 16.2 Å². The van der Waals surface area contributed by atoms with Crippen LogP contribution in [0.3, 0.4) is 0 Å². The fourth-order valence-electron chi connectivity index (χ4n) is 7.87. The van der Waals surface area contributed by atoms with Gasteiger partial charge in [-0.2, -0.15) is 0 Å². The number of nitrogens with one attached hydrogen (secondary N) is 2. The molecule has 0 spiro atoms. The first-order valence-corrected chi connectivity index (χ1v) is 19.0. The summed E-state index contributed by atoms with van der Waals surface area (Å²) in [5, 5.41) is 7.11. The highest BCUT2D eigenvalue weighted by atomic mass is 32.2. The highest BCUT2D eigenvalue weighted by molar-refractivity contribution is 7.91. The third-order valence-corrected chi connectivity index (χ3v) is 12.3. The lowest BCUT2D eigenvalue weighted by Crippen LogP contribution is -2.43. The number of carbonyl (C=O) groups is 1. The minimum absolute atomic E-state index is 0.00175. The molecule has 1 aromatic carbocycles. The van der Waals surface area contributed by atoms with Crippen LogP contribution in [-0.2, 0) is 27.1 Å². The molecule has 3 saturated heterocycles. The zero-order chi connectivity index (χ0) is 34.1. The van der Waals surface area contributed by atoms with E-state index < -0.39 is 39.1 Å². The summed E-state index contributed by atoms with van der Waals surface area (Å²) in [7, 11) is -3.16.